The fraction of sp³-hybridized carbons (Fsp3) is 0.292. The second-order valence-corrected chi connectivity index (χ2v) is 7.81. The van der Waals surface area contributed by atoms with Gasteiger partial charge in [-0.25, -0.2) is 4.79 Å². The molecule has 0 fully saturated rings. The van der Waals surface area contributed by atoms with Gasteiger partial charge in [0.25, 0.3) is 5.91 Å². The van der Waals surface area contributed by atoms with E-state index in [2.05, 4.69) is 20.2 Å². The average Bonchev–Trinajstić information content (AvgIpc) is 2.77. The molecule has 8 heteroatoms. The van der Waals surface area contributed by atoms with E-state index in [1.54, 1.807) is 55.5 Å². The summed E-state index contributed by atoms with van der Waals surface area (Å²) in [5.41, 5.74) is 2.88. The molecule has 1 aromatic heterocycles. The lowest BCUT2D eigenvalue weighted by Crippen LogP contribution is -2.31. The van der Waals surface area contributed by atoms with E-state index in [-0.39, 0.29) is 18.3 Å². The minimum atomic E-state index is -0.463. The number of phenolic OH excluding ortho intramolecular Hbond substituents is 1. The average molecular weight is 437 g/mol. The molecule has 0 aliphatic heterocycles. The molecule has 0 saturated heterocycles. The maximum atomic E-state index is 12.1. The van der Waals surface area contributed by atoms with Crippen molar-refractivity contribution < 1.29 is 14.6 Å². The fourth-order valence-electron chi connectivity index (χ4n) is 3.13. The monoisotopic (exact) mass is 436 g/mol. The number of benzene rings is 2. The van der Waals surface area contributed by atoms with Crippen molar-refractivity contribution in [3.63, 3.8) is 0 Å². The molecule has 0 spiro atoms. The van der Waals surface area contributed by atoms with Crippen molar-refractivity contribution in [1.82, 2.24) is 20.2 Å². The first-order valence-corrected chi connectivity index (χ1v) is 10.4. The van der Waals surface area contributed by atoms with Crippen LogP contribution in [0.1, 0.15) is 12.0 Å². The van der Waals surface area contributed by atoms with Crippen LogP contribution >= 0.6 is 0 Å². The van der Waals surface area contributed by atoms with Gasteiger partial charge in [0.15, 0.2) is 6.61 Å². The Morgan fingerprint density at radius 2 is 1.84 bits per heavy atom. The number of rotatable bonds is 9. The van der Waals surface area contributed by atoms with Gasteiger partial charge < -0.3 is 25.0 Å². The van der Waals surface area contributed by atoms with Crippen LogP contribution in [-0.4, -0.2) is 59.7 Å². The number of amides is 1. The lowest BCUT2D eigenvalue weighted by molar-refractivity contribution is -0.123. The number of nitrogens with one attached hydrogen (secondary N) is 2. The maximum Gasteiger partial charge on any atom is 0.345 e. The number of hydrogen-bond donors (Lipinski definition) is 3. The van der Waals surface area contributed by atoms with Crippen LogP contribution in [0, 0.1) is 6.92 Å². The zero-order chi connectivity index (χ0) is 23.1. The zero-order valence-electron chi connectivity index (χ0n) is 18.5. The van der Waals surface area contributed by atoms with E-state index in [1.807, 2.05) is 14.1 Å². The number of H-pyrrole nitrogens is 1. The third-order valence-corrected chi connectivity index (χ3v) is 4.88. The second kappa shape index (κ2) is 10.6. The summed E-state index contributed by atoms with van der Waals surface area (Å²) in [5, 5.41) is 12.6. The molecule has 3 N–H and O–H groups in total. The van der Waals surface area contributed by atoms with Crippen LogP contribution in [0.2, 0.25) is 0 Å². The molecule has 1 heterocycles. The number of nitrogens with zero attached hydrogens (tertiary/aromatic N) is 2. The molecule has 0 aliphatic rings. The summed E-state index contributed by atoms with van der Waals surface area (Å²) in [5.74, 6) is 0.583. The van der Waals surface area contributed by atoms with Gasteiger partial charge in [0.1, 0.15) is 11.5 Å². The molecule has 0 bridgehead atoms. The van der Waals surface area contributed by atoms with E-state index in [9.17, 15) is 14.7 Å². The number of ether oxygens (including phenoxy) is 1. The summed E-state index contributed by atoms with van der Waals surface area (Å²) >= 11 is 0. The summed E-state index contributed by atoms with van der Waals surface area (Å²) in [6, 6.07) is 14.0. The normalized spacial score (nSPS) is 10.9. The van der Waals surface area contributed by atoms with Gasteiger partial charge in [-0.15, -0.1) is 0 Å². The molecular formula is C24H28N4O4. The molecule has 0 radical (unpaired) electrons. The first-order chi connectivity index (χ1) is 15.3. The smallest absolute Gasteiger partial charge is 0.345 e. The lowest BCUT2D eigenvalue weighted by atomic mass is 10.1. The summed E-state index contributed by atoms with van der Waals surface area (Å²) in [6.45, 7) is 3.25. The molecule has 1 amide bonds. The predicted octanol–water partition coefficient (Wildman–Crippen LogP) is 2.56. The van der Waals surface area contributed by atoms with Crippen molar-refractivity contribution in [2.75, 3.05) is 33.8 Å². The topological polar surface area (TPSA) is 108 Å². The van der Waals surface area contributed by atoms with Gasteiger partial charge in [-0.2, -0.15) is 4.98 Å². The van der Waals surface area contributed by atoms with Gasteiger partial charge in [-0.3, -0.25) is 4.79 Å². The number of phenols is 1. The Kier molecular flexibility index (Phi) is 7.62. The number of carbonyl (C=O) groups is 1. The van der Waals surface area contributed by atoms with Crippen LogP contribution in [0.5, 0.6) is 11.5 Å². The number of hydrogen-bond acceptors (Lipinski definition) is 6. The third-order valence-electron chi connectivity index (χ3n) is 4.88. The van der Waals surface area contributed by atoms with Crippen molar-refractivity contribution >= 4 is 5.91 Å². The van der Waals surface area contributed by atoms with Gasteiger partial charge in [0.05, 0.1) is 11.4 Å². The largest absolute Gasteiger partial charge is 0.508 e. The fourth-order valence-corrected chi connectivity index (χ4v) is 3.13. The molecule has 2 aromatic carbocycles. The van der Waals surface area contributed by atoms with Crippen molar-refractivity contribution in [2.24, 2.45) is 0 Å². The lowest BCUT2D eigenvalue weighted by Gasteiger charge is -2.11. The van der Waals surface area contributed by atoms with E-state index in [1.165, 1.54) is 0 Å². The summed E-state index contributed by atoms with van der Waals surface area (Å²) in [6.07, 6.45) is 0.878. The maximum absolute atomic E-state index is 12.1. The highest BCUT2D eigenvalue weighted by atomic mass is 16.5. The Labute approximate surface area is 186 Å². The van der Waals surface area contributed by atoms with Crippen molar-refractivity contribution in [2.45, 2.75) is 13.3 Å². The Bertz CT molecular complexity index is 1120. The molecule has 3 rings (SSSR count). The summed E-state index contributed by atoms with van der Waals surface area (Å²) < 4.78 is 5.55. The van der Waals surface area contributed by atoms with Crippen molar-refractivity contribution in [1.29, 1.82) is 0 Å². The third kappa shape index (κ3) is 6.42. The molecule has 3 aromatic rings. The quantitative estimate of drug-likeness (QED) is 0.445. The number of aromatic amines is 1. The van der Waals surface area contributed by atoms with Crippen LogP contribution in [0.3, 0.4) is 0 Å². The van der Waals surface area contributed by atoms with Crippen molar-refractivity contribution in [3.8, 4) is 34.0 Å². The Morgan fingerprint density at radius 1 is 1.12 bits per heavy atom. The molecule has 32 heavy (non-hydrogen) atoms. The Balaban J connectivity index is 1.64. The summed E-state index contributed by atoms with van der Waals surface area (Å²) in [7, 11) is 3.98. The van der Waals surface area contributed by atoms with E-state index >= 15 is 0 Å². The highest BCUT2D eigenvalue weighted by Crippen LogP contribution is 2.26. The van der Waals surface area contributed by atoms with Crippen LogP contribution in [0.25, 0.3) is 22.5 Å². The minimum absolute atomic E-state index is 0.0578. The highest BCUT2D eigenvalue weighted by molar-refractivity contribution is 5.77. The van der Waals surface area contributed by atoms with Gasteiger partial charge in [-0.05, 0) is 93.6 Å². The molecule has 0 saturated carbocycles. The standard InChI is InChI=1S/C24H28N4O4/c1-16-13-18(7-10-22(16)29)21-14-20(26-24(31)27-21)17-5-8-19(9-6-17)32-15-23(30)25-11-4-12-28(2)3/h5-10,13-14,29H,4,11-12,15H2,1-3H3,(H,25,30)(H,26,27,31). The Hall–Kier alpha value is -3.65. The number of aromatic hydroxyl groups is 1. The number of aryl methyl sites for hydroxylation is 1. The number of carbonyl (C=O) groups excluding carboxylic acids is 1. The molecule has 8 nitrogen and oxygen atoms in total. The first-order valence-electron chi connectivity index (χ1n) is 10.4. The molecule has 168 valence electrons. The van der Waals surface area contributed by atoms with E-state index in [0.717, 1.165) is 24.1 Å². The van der Waals surface area contributed by atoms with Gasteiger partial charge >= 0.3 is 5.69 Å². The van der Waals surface area contributed by atoms with Crippen LogP contribution in [0.4, 0.5) is 0 Å². The van der Waals surface area contributed by atoms with Crippen LogP contribution in [-0.2, 0) is 4.79 Å². The summed E-state index contributed by atoms with van der Waals surface area (Å²) in [4.78, 5) is 32.9. The molecule has 0 aliphatic carbocycles. The molecular weight excluding hydrogens is 408 g/mol. The van der Waals surface area contributed by atoms with Crippen LogP contribution < -0.4 is 15.7 Å². The first kappa shape index (κ1) is 23.0. The SMILES string of the molecule is Cc1cc(-c2cc(-c3ccc(OCC(=O)NCCCN(C)C)cc3)[nH]c(=O)n2)ccc1O. The van der Waals surface area contributed by atoms with Gasteiger partial charge in [-0.1, -0.05) is 0 Å². The van der Waals surface area contributed by atoms with E-state index in [0.29, 0.717) is 29.2 Å². The predicted molar refractivity (Wildman–Crippen MR) is 124 cm³/mol. The zero-order valence-corrected chi connectivity index (χ0v) is 18.5. The number of aromatic nitrogens is 2. The minimum Gasteiger partial charge on any atom is -0.508 e. The highest BCUT2D eigenvalue weighted by Gasteiger charge is 2.08. The van der Waals surface area contributed by atoms with E-state index < -0.39 is 5.69 Å². The van der Waals surface area contributed by atoms with Gasteiger partial charge in [0, 0.05) is 12.1 Å². The second-order valence-electron chi connectivity index (χ2n) is 7.81. The molecule has 0 unspecified atom stereocenters. The molecule has 0 atom stereocenters. The van der Waals surface area contributed by atoms with Crippen molar-refractivity contribution in [3.05, 3.63) is 64.6 Å². The Morgan fingerprint density at radius 3 is 2.53 bits per heavy atom. The van der Waals surface area contributed by atoms with Crippen LogP contribution in [0.15, 0.2) is 53.3 Å². The van der Waals surface area contributed by atoms with E-state index in [4.69, 9.17) is 4.74 Å². The van der Waals surface area contributed by atoms with Gasteiger partial charge in [0.2, 0.25) is 0 Å².